The van der Waals surface area contributed by atoms with E-state index in [1.807, 2.05) is 12.3 Å². The van der Waals surface area contributed by atoms with E-state index in [2.05, 4.69) is 45.7 Å². The van der Waals surface area contributed by atoms with Crippen molar-refractivity contribution in [2.24, 2.45) is 5.92 Å². The molecule has 0 radical (unpaired) electrons. The van der Waals surface area contributed by atoms with Crippen molar-refractivity contribution in [2.75, 3.05) is 50.8 Å². The van der Waals surface area contributed by atoms with Crippen molar-refractivity contribution in [3.8, 4) is 0 Å². The second-order valence-corrected chi connectivity index (χ2v) is 9.37. The minimum Gasteiger partial charge on any atom is -0.375 e. The highest BCUT2D eigenvalue weighted by molar-refractivity contribution is 5.76. The van der Waals surface area contributed by atoms with Crippen LogP contribution in [0.3, 0.4) is 0 Å². The summed E-state index contributed by atoms with van der Waals surface area (Å²) in [6.07, 6.45) is 6.76. The Labute approximate surface area is 175 Å². The monoisotopic (exact) mass is 400 g/mol. The standard InChI is InChI=1S/C23H36N4O2/c1-19(2)17-22(28)27-10-7-23(8-11-27)18-20(6-16-29-23)25-12-14-26(15-13-25)21-5-3-4-9-24-21/h3-5,9,19-20H,6-8,10-18H2,1-2H3/t20-/m1/s1. The van der Waals surface area contributed by atoms with E-state index < -0.39 is 0 Å². The topological polar surface area (TPSA) is 48.9 Å². The van der Waals surface area contributed by atoms with Gasteiger partial charge in [0.1, 0.15) is 5.82 Å². The number of anilines is 1. The van der Waals surface area contributed by atoms with E-state index in [9.17, 15) is 4.79 Å². The molecule has 6 nitrogen and oxygen atoms in total. The molecule has 6 heteroatoms. The van der Waals surface area contributed by atoms with Crippen LogP contribution in [0, 0.1) is 5.92 Å². The van der Waals surface area contributed by atoms with Gasteiger partial charge in [-0.2, -0.15) is 0 Å². The molecule has 1 spiro atoms. The van der Waals surface area contributed by atoms with Gasteiger partial charge < -0.3 is 14.5 Å². The van der Waals surface area contributed by atoms with E-state index in [0.29, 0.717) is 24.3 Å². The first-order valence-electron chi connectivity index (χ1n) is 11.4. The van der Waals surface area contributed by atoms with Crippen molar-refractivity contribution >= 4 is 11.7 Å². The van der Waals surface area contributed by atoms with E-state index in [1.165, 1.54) is 0 Å². The average Bonchev–Trinajstić information content (AvgIpc) is 2.74. The Morgan fingerprint density at radius 3 is 2.59 bits per heavy atom. The number of ether oxygens (including phenoxy) is 1. The van der Waals surface area contributed by atoms with Crippen molar-refractivity contribution in [3.63, 3.8) is 0 Å². The Hall–Kier alpha value is -1.66. The lowest BCUT2D eigenvalue weighted by atomic mass is 9.81. The molecule has 1 aromatic rings. The average molecular weight is 401 g/mol. The third-order valence-electron chi connectivity index (χ3n) is 6.88. The van der Waals surface area contributed by atoms with Crippen molar-refractivity contribution in [2.45, 2.75) is 57.6 Å². The molecule has 0 aromatic carbocycles. The van der Waals surface area contributed by atoms with Crippen LogP contribution in [0.15, 0.2) is 24.4 Å². The number of likely N-dealkylation sites (tertiary alicyclic amines) is 1. The van der Waals surface area contributed by atoms with Crippen LogP contribution in [0.1, 0.15) is 46.0 Å². The highest BCUT2D eigenvalue weighted by Crippen LogP contribution is 2.37. The van der Waals surface area contributed by atoms with Crippen molar-refractivity contribution in [1.29, 1.82) is 0 Å². The van der Waals surface area contributed by atoms with Crippen LogP contribution >= 0.6 is 0 Å². The van der Waals surface area contributed by atoms with Crippen LogP contribution in [0.2, 0.25) is 0 Å². The first kappa shape index (κ1) is 20.6. The van der Waals surface area contributed by atoms with Crippen LogP contribution < -0.4 is 4.90 Å². The smallest absolute Gasteiger partial charge is 0.222 e. The van der Waals surface area contributed by atoms with Gasteiger partial charge in [0.25, 0.3) is 0 Å². The quantitative estimate of drug-likeness (QED) is 0.778. The number of piperazine rings is 1. The second-order valence-electron chi connectivity index (χ2n) is 9.37. The van der Waals surface area contributed by atoms with Crippen LogP contribution in [-0.2, 0) is 9.53 Å². The molecule has 1 amide bonds. The molecule has 29 heavy (non-hydrogen) atoms. The van der Waals surface area contributed by atoms with E-state index in [1.54, 1.807) is 0 Å². The number of piperidine rings is 1. The first-order valence-corrected chi connectivity index (χ1v) is 11.4. The maximum absolute atomic E-state index is 12.4. The van der Waals surface area contributed by atoms with E-state index in [-0.39, 0.29) is 5.60 Å². The summed E-state index contributed by atoms with van der Waals surface area (Å²) in [5.41, 5.74) is -0.0182. The molecule has 3 aliphatic heterocycles. The largest absolute Gasteiger partial charge is 0.375 e. The molecule has 3 saturated heterocycles. The van der Waals surface area contributed by atoms with Crippen molar-refractivity contribution in [1.82, 2.24) is 14.8 Å². The summed E-state index contributed by atoms with van der Waals surface area (Å²) in [6, 6.07) is 6.75. The Kier molecular flexibility index (Phi) is 6.40. The second kappa shape index (κ2) is 9.00. The molecule has 0 N–H and O–H groups in total. The Morgan fingerprint density at radius 1 is 1.17 bits per heavy atom. The number of hydrogen-bond acceptors (Lipinski definition) is 5. The summed E-state index contributed by atoms with van der Waals surface area (Å²) in [6.45, 7) is 11.1. The highest BCUT2D eigenvalue weighted by atomic mass is 16.5. The molecule has 0 bridgehead atoms. The van der Waals surface area contributed by atoms with Gasteiger partial charge in [-0.15, -0.1) is 0 Å². The van der Waals surface area contributed by atoms with E-state index in [0.717, 1.165) is 77.4 Å². The minimum atomic E-state index is -0.0182. The highest BCUT2D eigenvalue weighted by Gasteiger charge is 2.42. The minimum absolute atomic E-state index is 0.0182. The zero-order valence-electron chi connectivity index (χ0n) is 18.1. The molecule has 1 aromatic heterocycles. The molecular formula is C23H36N4O2. The van der Waals surface area contributed by atoms with Crippen LogP contribution in [0.5, 0.6) is 0 Å². The van der Waals surface area contributed by atoms with Crippen LogP contribution in [0.4, 0.5) is 5.82 Å². The number of amides is 1. The lowest BCUT2D eigenvalue weighted by Crippen LogP contribution is -2.57. The normalized spacial score (nSPS) is 25.6. The van der Waals surface area contributed by atoms with E-state index in [4.69, 9.17) is 4.74 Å². The molecule has 3 fully saturated rings. The number of aromatic nitrogens is 1. The first-order chi connectivity index (χ1) is 14.0. The lowest BCUT2D eigenvalue weighted by molar-refractivity contribution is -0.149. The van der Waals surface area contributed by atoms with E-state index >= 15 is 0 Å². The summed E-state index contributed by atoms with van der Waals surface area (Å²) in [4.78, 5) is 24.0. The molecular weight excluding hydrogens is 364 g/mol. The van der Waals surface area contributed by atoms with Crippen LogP contribution in [0.25, 0.3) is 0 Å². The summed E-state index contributed by atoms with van der Waals surface area (Å²) < 4.78 is 6.34. The van der Waals surface area contributed by atoms with Crippen molar-refractivity contribution < 1.29 is 9.53 Å². The van der Waals surface area contributed by atoms with Gasteiger partial charge in [-0.1, -0.05) is 19.9 Å². The molecule has 0 saturated carbocycles. The number of rotatable bonds is 4. The Balaban J connectivity index is 1.29. The predicted molar refractivity (Wildman–Crippen MR) is 115 cm³/mol. The van der Waals surface area contributed by atoms with Gasteiger partial charge in [-0.05, 0) is 43.7 Å². The Bertz CT molecular complexity index is 665. The number of hydrogen-bond donors (Lipinski definition) is 0. The molecule has 0 unspecified atom stereocenters. The molecule has 3 aliphatic rings. The van der Waals surface area contributed by atoms with Crippen LogP contribution in [-0.4, -0.2) is 78.2 Å². The zero-order chi connectivity index (χ0) is 20.3. The molecule has 4 rings (SSSR count). The summed E-state index contributed by atoms with van der Waals surface area (Å²) in [5.74, 6) is 1.83. The molecule has 160 valence electrons. The van der Waals surface area contributed by atoms with Gasteiger partial charge in [-0.3, -0.25) is 9.69 Å². The summed E-state index contributed by atoms with van der Waals surface area (Å²) in [5, 5.41) is 0. The third kappa shape index (κ3) is 4.92. The summed E-state index contributed by atoms with van der Waals surface area (Å²) in [7, 11) is 0. The number of carbonyl (C=O) groups is 1. The molecule has 0 aliphatic carbocycles. The maximum atomic E-state index is 12.4. The fourth-order valence-corrected chi connectivity index (χ4v) is 5.16. The predicted octanol–water partition coefficient (Wildman–Crippen LogP) is 2.79. The SMILES string of the molecule is CC(C)CC(=O)N1CCC2(CC1)C[C@H](N1CCN(c3ccccn3)CC1)CCO2. The fourth-order valence-electron chi connectivity index (χ4n) is 5.16. The maximum Gasteiger partial charge on any atom is 0.222 e. The third-order valence-corrected chi connectivity index (χ3v) is 6.88. The zero-order valence-corrected chi connectivity index (χ0v) is 18.1. The van der Waals surface area contributed by atoms with Gasteiger partial charge in [0.15, 0.2) is 0 Å². The summed E-state index contributed by atoms with van der Waals surface area (Å²) >= 11 is 0. The number of nitrogens with zero attached hydrogens (tertiary/aromatic N) is 4. The van der Waals surface area contributed by atoms with Gasteiger partial charge in [-0.25, -0.2) is 4.98 Å². The van der Waals surface area contributed by atoms with Crippen molar-refractivity contribution in [3.05, 3.63) is 24.4 Å². The van der Waals surface area contributed by atoms with Gasteiger partial charge in [0.2, 0.25) is 5.91 Å². The number of carbonyl (C=O) groups excluding carboxylic acids is 1. The van der Waals surface area contributed by atoms with Gasteiger partial charge in [0, 0.05) is 64.5 Å². The lowest BCUT2D eigenvalue weighted by Gasteiger charge is -2.49. The molecule has 1 atom stereocenters. The fraction of sp³-hybridized carbons (Fsp3) is 0.739. The molecule has 4 heterocycles. The van der Waals surface area contributed by atoms with Gasteiger partial charge in [0.05, 0.1) is 5.60 Å². The number of pyridine rings is 1. The Morgan fingerprint density at radius 2 is 1.93 bits per heavy atom. The van der Waals surface area contributed by atoms with Gasteiger partial charge >= 0.3 is 0 Å².